The zero-order valence-corrected chi connectivity index (χ0v) is 10.2. The fourth-order valence-electron chi connectivity index (χ4n) is 2.20. The molecule has 1 aromatic rings. The van der Waals surface area contributed by atoms with Gasteiger partial charge in [0.15, 0.2) is 0 Å². The topological polar surface area (TPSA) is 3.24 Å². The van der Waals surface area contributed by atoms with Gasteiger partial charge < -0.3 is 0 Å². The maximum absolute atomic E-state index is 6.31. The van der Waals surface area contributed by atoms with Gasteiger partial charge in [0, 0.05) is 0 Å². The average Bonchev–Trinajstić information content (AvgIpc) is 2.27. The van der Waals surface area contributed by atoms with Gasteiger partial charge in [-0.1, -0.05) is 18.2 Å². The molecule has 0 amide bonds. The van der Waals surface area contributed by atoms with Crippen LogP contribution in [0.1, 0.15) is 35.0 Å². The molecular weight excluding hydrogens is 206 g/mol. The van der Waals surface area contributed by atoms with Crippen molar-refractivity contribution >= 4 is 11.6 Å². The van der Waals surface area contributed by atoms with Gasteiger partial charge in [0.05, 0.1) is 0 Å². The van der Waals surface area contributed by atoms with Crippen LogP contribution in [0.4, 0.5) is 0 Å². The first-order valence-electron chi connectivity index (χ1n) is 5.60. The summed E-state index contributed by atoms with van der Waals surface area (Å²) in [6.45, 7) is 0. The SMILES string of the molecule is CN(C)C(Cl)c1ccc2c(c1)CCCC2. The standard InChI is InChI=1S/C13H18ClN/c1-15(2)13(14)12-8-7-10-5-3-4-6-11(10)9-12/h7-9,13H,3-6H2,1-2H3. The first kappa shape index (κ1) is 11.0. The van der Waals surface area contributed by atoms with Crippen molar-refractivity contribution in [1.82, 2.24) is 4.90 Å². The minimum Gasteiger partial charge on any atom is -0.290 e. The molecule has 0 N–H and O–H groups in total. The van der Waals surface area contributed by atoms with Crippen molar-refractivity contribution in [3.63, 3.8) is 0 Å². The molecule has 0 fully saturated rings. The maximum Gasteiger partial charge on any atom is 0.110 e. The van der Waals surface area contributed by atoms with Crippen LogP contribution in [-0.4, -0.2) is 19.0 Å². The van der Waals surface area contributed by atoms with Gasteiger partial charge in [-0.15, -0.1) is 11.6 Å². The quantitative estimate of drug-likeness (QED) is 0.549. The van der Waals surface area contributed by atoms with Crippen LogP contribution in [0.3, 0.4) is 0 Å². The van der Waals surface area contributed by atoms with Crippen LogP contribution in [0.5, 0.6) is 0 Å². The number of hydrogen-bond acceptors (Lipinski definition) is 1. The Morgan fingerprint density at radius 2 is 1.80 bits per heavy atom. The molecule has 0 saturated carbocycles. The molecule has 2 heteroatoms. The van der Waals surface area contributed by atoms with Gasteiger partial charge in [0.25, 0.3) is 0 Å². The first-order valence-corrected chi connectivity index (χ1v) is 6.04. The lowest BCUT2D eigenvalue weighted by atomic mass is 9.90. The minimum absolute atomic E-state index is 0.00257. The molecule has 2 rings (SSSR count). The van der Waals surface area contributed by atoms with E-state index in [9.17, 15) is 0 Å². The number of alkyl halides is 1. The molecule has 0 aromatic heterocycles. The van der Waals surface area contributed by atoms with Gasteiger partial charge in [-0.2, -0.15) is 0 Å². The molecule has 1 aromatic carbocycles. The number of hydrogen-bond donors (Lipinski definition) is 0. The lowest BCUT2D eigenvalue weighted by molar-refractivity contribution is 0.384. The van der Waals surface area contributed by atoms with Crippen LogP contribution < -0.4 is 0 Å². The van der Waals surface area contributed by atoms with E-state index in [1.807, 2.05) is 19.0 Å². The second-order valence-electron chi connectivity index (χ2n) is 4.53. The van der Waals surface area contributed by atoms with E-state index in [4.69, 9.17) is 11.6 Å². The average molecular weight is 224 g/mol. The number of halogens is 1. The molecule has 0 aliphatic heterocycles. The van der Waals surface area contributed by atoms with Crippen LogP contribution in [0.25, 0.3) is 0 Å². The Labute approximate surface area is 97.0 Å². The summed E-state index contributed by atoms with van der Waals surface area (Å²) in [5.74, 6) is 0. The Hall–Kier alpha value is -0.530. The number of benzene rings is 1. The summed E-state index contributed by atoms with van der Waals surface area (Å²) in [4.78, 5) is 2.03. The highest BCUT2D eigenvalue weighted by Gasteiger charge is 2.14. The third-order valence-corrected chi connectivity index (χ3v) is 3.74. The lowest BCUT2D eigenvalue weighted by Gasteiger charge is -2.21. The lowest BCUT2D eigenvalue weighted by Crippen LogP contribution is -2.15. The normalized spacial score (nSPS) is 17.6. The Morgan fingerprint density at radius 1 is 1.13 bits per heavy atom. The second-order valence-corrected chi connectivity index (χ2v) is 4.95. The number of fused-ring (bicyclic) bond motifs is 1. The number of aryl methyl sites for hydroxylation is 2. The minimum atomic E-state index is -0.00257. The molecule has 1 aliphatic rings. The van der Waals surface area contributed by atoms with Crippen molar-refractivity contribution in [2.45, 2.75) is 31.2 Å². The Morgan fingerprint density at radius 3 is 2.47 bits per heavy atom. The van der Waals surface area contributed by atoms with Crippen LogP contribution in [0.15, 0.2) is 18.2 Å². The zero-order chi connectivity index (χ0) is 10.8. The van der Waals surface area contributed by atoms with Crippen LogP contribution in [0.2, 0.25) is 0 Å². The fraction of sp³-hybridized carbons (Fsp3) is 0.538. The Bertz CT molecular complexity index is 346. The molecule has 1 atom stereocenters. The first-order chi connectivity index (χ1) is 7.18. The van der Waals surface area contributed by atoms with Crippen LogP contribution in [-0.2, 0) is 12.8 Å². The molecule has 15 heavy (non-hydrogen) atoms. The molecule has 82 valence electrons. The molecule has 1 nitrogen and oxygen atoms in total. The summed E-state index contributed by atoms with van der Waals surface area (Å²) in [6.07, 6.45) is 5.13. The molecule has 1 aliphatic carbocycles. The van der Waals surface area contributed by atoms with E-state index >= 15 is 0 Å². The summed E-state index contributed by atoms with van der Waals surface area (Å²) >= 11 is 6.31. The Balaban J connectivity index is 2.27. The predicted molar refractivity (Wildman–Crippen MR) is 65.4 cm³/mol. The maximum atomic E-state index is 6.31. The van der Waals surface area contributed by atoms with E-state index in [0.29, 0.717) is 0 Å². The second kappa shape index (κ2) is 4.54. The summed E-state index contributed by atoms with van der Waals surface area (Å²) in [5.41, 5.74) is 4.25. The fourth-order valence-corrected chi connectivity index (χ4v) is 2.34. The molecular formula is C13H18ClN. The third-order valence-electron chi connectivity index (χ3n) is 3.10. The molecule has 0 radical (unpaired) electrons. The molecule has 0 heterocycles. The highest BCUT2D eigenvalue weighted by atomic mass is 35.5. The summed E-state index contributed by atoms with van der Waals surface area (Å²) in [7, 11) is 4.02. The van der Waals surface area contributed by atoms with Gasteiger partial charge in [-0.25, -0.2) is 0 Å². The van der Waals surface area contributed by atoms with Crippen molar-refractivity contribution in [2.24, 2.45) is 0 Å². The smallest absolute Gasteiger partial charge is 0.110 e. The van der Waals surface area contributed by atoms with E-state index < -0.39 is 0 Å². The largest absolute Gasteiger partial charge is 0.290 e. The van der Waals surface area contributed by atoms with Gasteiger partial charge in [0.2, 0.25) is 0 Å². The molecule has 0 saturated heterocycles. The van der Waals surface area contributed by atoms with E-state index in [0.717, 1.165) is 0 Å². The van der Waals surface area contributed by atoms with E-state index in [-0.39, 0.29) is 5.50 Å². The van der Waals surface area contributed by atoms with E-state index in [2.05, 4.69) is 18.2 Å². The molecule has 1 unspecified atom stereocenters. The number of nitrogens with zero attached hydrogens (tertiary/aromatic N) is 1. The van der Waals surface area contributed by atoms with Crippen molar-refractivity contribution in [1.29, 1.82) is 0 Å². The summed E-state index contributed by atoms with van der Waals surface area (Å²) in [6, 6.07) is 6.71. The summed E-state index contributed by atoms with van der Waals surface area (Å²) in [5, 5.41) is 0. The highest BCUT2D eigenvalue weighted by molar-refractivity contribution is 6.20. The van der Waals surface area contributed by atoms with Crippen molar-refractivity contribution < 1.29 is 0 Å². The highest BCUT2D eigenvalue weighted by Crippen LogP contribution is 2.28. The number of rotatable bonds is 2. The van der Waals surface area contributed by atoms with Crippen molar-refractivity contribution in [3.8, 4) is 0 Å². The third kappa shape index (κ3) is 2.35. The van der Waals surface area contributed by atoms with Crippen molar-refractivity contribution in [2.75, 3.05) is 14.1 Å². The van der Waals surface area contributed by atoms with Gasteiger partial charge in [-0.05, 0) is 56.5 Å². The van der Waals surface area contributed by atoms with E-state index in [1.54, 1.807) is 0 Å². The van der Waals surface area contributed by atoms with Gasteiger partial charge >= 0.3 is 0 Å². The van der Waals surface area contributed by atoms with Gasteiger partial charge in [0.1, 0.15) is 5.50 Å². The monoisotopic (exact) mass is 223 g/mol. The van der Waals surface area contributed by atoms with Crippen LogP contribution >= 0.6 is 11.6 Å². The predicted octanol–water partition coefficient (Wildman–Crippen LogP) is 3.36. The van der Waals surface area contributed by atoms with Crippen molar-refractivity contribution in [3.05, 3.63) is 34.9 Å². The van der Waals surface area contributed by atoms with E-state index in [1.165, 1.54) is 42.4 Å². The van der Waals surface area contributed by atoms with Crippen LogP contribution in [0, 0.1) is 0 Å². The summed E-state index contributed by atoms with van der Waals surface area (Å²) < 4.78 is 0. The van der Waals surface area contributed by atoms with Gasteiger partial charge in [-0.3, -0.25) is 4.90 Å². The zero-order valence-electron chi connectivity index (χ0n) is 9.46. The molecule has 0 bridgehead atoms. The Kier molecular flexibility index (Phi) is 3.32. The molecule has 0 spiro atoms.